The van der Waals surface area contributed by atoms with E-state index in [0.717, 1.165) is 25.2 Å². The van der Waals surface area contributed by atoms with E-state index < -0.39 is 5.97 Å². The first kappa shape index (κ1) is 12.4. The van der Waals surface area contributed by atoms with E-state index in [-0.39, 0.29) is 12.5 Å². The van der Waals surface area contributed by atoms with E-state index in [1.807, 2.05) is 0 Å². The van der Waals surface area contributed by atoms with Gasteiger partial charge in [0.25, 0.3) is 0 Å². The number of rotatable bonds is 7. The highest BCUT2D eigenvalue weighted by Gasteiger charge is 2.07. The van der Waals surface area contributed by atoms with Gasteiger partial charge >= 0.3 is 5.97 Å². The molecule has 0 aromatic carbocycles. The standard InChI is InChI=1S/C10H21NO2/c1-8(2)5-3-4-6-9(11)7-10(12)13/h8-9H,3-7,11H2,1-2H3,(H,12,13). The number of hydrogen-bond donors (Lipinski definition) is 2. The Labute approximate surface area is 80.3 Å². The van der Waals surface area contributed by atoms with Gasteiger partial charge in [-0.3, -0.25) is 4.79 Å². The Balaban J connectivity index is 3.26. The van der Waals surface area contributed by atoms with Crippen LogP contribution in [0.2, 0.25) is 0 Å². The molecule has 1 atom stereocenters. The van der Waals surface area contributed by atoms with E-state index in [2.05, 4.69) is 13.8 Å². The Kier molecular flexibility index (Phi) is 6.59. The summed E-state index contributed by atoms with van der Waals surface area (Å²) in [4.78, 5) is 10.3. The SMILES string of the molecule is CC(C)CCCCC(N)CC(=O)O. The second-order valence-corrected chi connectivity index (χ2v) is 4.04. The largest absolute Gasteiger partial charge is 0.481 e. The lowest BCUT2D eigenvalue weighted by molar-refractivity contribution is -0.137. The molecule has 78 valence electrons. The van der Waals surface area contributed by atoms with Gasteiger partial charge in [0.05, 0.1) is 6.42 Å². The summed E-state index contributed by atoms with van der Waals surface area (Å²) in [5.41, 5.74) is 5.61. The molecule has 0 rings (SSSR count). The molecule has 0 spiro atoms. The zero-order valence-electron chi connectivity index (χ0n) is 8.62. The molecule has 0 saturated carbocycles. The van der Waals surface area contributed by atoms with Gasteiger partial charge < -0.3 is 10.8 Å². The lowest BCUT2D eigenvalue weighted by atomic mass is 10.0. The molecule has 3 N–H and O–H groups in total. The molecule has 0 aromatic rings. The van der Waals surface area contributed by atoms with Crippen molar-refractivity contribution in [1.82, 2.24) is 0 Å². The van der Waals surface area contributed by atoms with Crippen LogP contribution < -0.4 is 5.73 Å². The van der Waals surface area contributed by atoms with Gasteiger partial charge in [-0.05, 0) is 12.3 Å². The van der Waals surface area contributed by atoms with Crippen molar-refractivity contribution in [2.24, 2.45) is 11.7 Å². The van der Waals surface area contributed by atoms with Crippen molar-refractivity contribution in [3.63, 3.8) is 0 Å². The quantitative estimate of drug-likeness (QED) is 0.599. The fourth-order valence-corrected chi connectivity index (χ4v) is 1.29. The van der Waals surface area contributed by atoms with Crippen molar-refractivity contribution in [3.8, 4) is 0 Å². The fraction of sp³-hybridized carbons (Fsp3) is 0.900. The molecular weight excluding hydrogens is 166 g/mol. The van der Waals surface area contributed by atoms with Gasteiger partial charge in [0.1, 0.15) is 0 Å². The molecule has 0 aliphatic rings. The lowest BCUT2D eigenvalue weighted by Gasteiger charge is -2.09. The average Bonchev–Trinajstić information content (AvgIpc) is 1.96. The molecule has 3 nitrogen and oxygen atoms in total. The van der Waals surface area contributed by atoms with Crippen LogP contribution in [0.5, 0.6) is 0 Å². The minimum atomic E-state index is -0.795. The normalized spacial score (nSPS) is 13.2. The maximum atomic E-state index is 10.3. The summed E-state index contributed by atoms with van der Waals surface area (Å²) in [7, 11) is 0. The van der Waals surface area contributed by atoms with Crippen LogP contribution in [0, 0.1) is 5.92 Å². The van der Waals surface area contributed by atoms with Crippen molar-refractivity contribution >= 4 is 5.97 Å². The molecule has 0 aromatic heterocycles. The van der Waals surface area contributed by atoms with Crippen molar-refractivity contribution < 1.29 is 9.90 Å². The van der Waals surface area contributed by atoms with Crippen LogP contribution >= 0.6 is 0 Å². The van der Waals surface area contributed by atoms with Crippen LogP contribution in [0.4, 0.5) is 0 Å². The van der Waals surface area contributed by atoms with Crippen molar-refractivity contribution in [2.45, 2.75) is 52.0 Å². The molecule has 0 bridgehead atoms. The van der Waals surface area contributed by atoms with E-state index in [1.165, 1.54) is 6.42 Å². The highest BCUT2D eigenvalue weighted by Crippen LogP contribution is 2.09. The Bertz CT molecular complexity index is 146. The summed E-state index contributed by atoms with van der Waals surface area (Å²) in [6.45, 7) is 4.38. The topological polar surface area (TPSA) is 63.3 Å². The van der Waals surface area contributed by atoms with Gasteiger partial charge in [-0.1, -0.05) is 33.1 Å². The highest BCUT2D eigenvalue weighted by atomic mass is 16.4. The summed E-state index contributed by atoms with van der Waals surface area (Å²) < 4.78 is 0. The molecule has 1 unspecified atom stereocenters. The van der Waals surface area contributed by atoms with Gasteiger partial charge in [-0.25, -0.2) is 0 Å². The van der Waals surface area contributed by atoms with Crippen LogP contribution in [0.25, 0.3) is 0 Å². The molecule has 0 amide bonds. The Morgan fingerprint density at radius 1 is 1.31 bits per heavy atom. The maximum absolute atomic E-state index is 10.3. The van der Waals surface area contributed by atoms with Gasteiger partial charge in [0, 0.05) is 6.04 Å². The van der Waals surface area contributed by atoms with E-state index in [1.54, 1.807) is 0 Å². The number of nitrogens with two attached hydrogens (primary N) is 1. The fourth-order valence-electron chi connectivity index (χ4n) is 1.29. The molecule has 0 heterocycles. The molecular formula is C10H21NO2. The van der Waals surface area contributed by atoms with Gasteiger partial charge in [0.2, 0.25) is 0 Å². The maximum Gasteiger partial charge on any atom is 0.304 e. The minimum Gasteiger partial charge on any atom is -0.481 e. The van der Waals surface area contributed by atoms with Crippen LogP contribution in [0.3, 0.4) is 0 Å². The van der Waals surface area contributed by atoms with Gasteiger partial charge in [0.15, 0.2) is 0 Å². The van der Waals surface area contributed by atoms with E-state index in [9.17, 15) is 4.79 Å². The summed E-state index contributed by atoms with van der Waals surface area (Å²) in [6, 6.07) is -0.162. The third-order valence-corrected chi connectivity index (χ3v) is 2.04. The molecule has 3 heteroatoms. The number of hydrogen-bond acceptors (Lipinski definition) is 2. The van der Waals surface area contributed by atoms with Gasteiger partial charge in [-0.2, -0.15) is 0 Å². The van der Waals surface area contributed by atoms with Crippen LogP contribution in [0.1, 0.15) is 46.0 Å². The molecule has 0 radical (unpaired) electrons. The van der Waals surface area contributed by atoms with Crippen LogP contribution in [-0.4, -0.2) is 17.1 Å². The summed E-state index contributed by atoms with van der Waals surface area (Å²) >= 11 is 0. The first-order valence-corrected chi connectivity index (χ1v) is 4.99. The highest BCUT2D eigenvalue weighted by molar-refractivity contribution is 5.67. The molecule has 0 fully saturated rings. The summed E-state index contributed by atoms with van der Waals surface area (Å²) in [5.74, 6) is -0.0629. The smallest absolute Gasteiger partial charge is 0.304 e. The van der Waals surface area contributed by atoms with Gasteiger partial charge in [-0.15, -0.1) is 0 Å². The molecule has 0 aliphatic heterocycles. The Morgan fingerprint density at radius 2 is 1.85 bits per heavy atom. The lowest BCUT2D eigenvalue weighted by Crippen LogP contribution is -2.23. The van der Waals surface area contributed by atoms with Crippen molar-refractivity contribution in [1.29, 1.82) is 0 Å². The number of aliphatic carboxylic acids is 1. The third-order valence-electron chi connectivity index (χ3n) is 2.04. The zero-order valence-corrected chi connectivity index (χ0v) is 8.62. The van der Waals surface area contributed by atoms with E-state index in [4.69, 9.17) is 10.8 Å². The number of carboxylic acid groups (broad SMARTS) is 1. The monoisotopic (exact) mass is 187 g/mol. The Hall–Kier alpha value is -0.570. The van der Waals surface area contributed by atoms with Crippen LogP contribution in [0.15, 0.2) is 0 Å². The number of carboxylic acids is 1. The second-order valence-electron chi connectivity index (χ2n) is 4.04. The van der Waals surface area contributed by atoms with Crippen molar-refractivity contribution in [2.75, 3.05) is 0 Å². The zero-order chi connectivity index (χ0) is 10.3. The predicted molar refractivity (Wildman–Crippen MR) is 53.5 cm³/mol. The minimum absolute atomic E-state index is 0.0989. The third kappa shape index (κ3) is 9.34. The summed E-state index contributed by atoms with van der Waals surface area (Å²) in [5, 5.41) is 8.45. The summed E-state index contributed by atoms with van der Waals surface area (Å²) in [6.07, 6.45) is 4.35. The first-order valence-electron chi connectivity index (χ1n) is 4.99. The molecule has 0 saturated heterocycles. The molecule has 0 aliphatic carbocycles. The average molecular weight is 187 g/mol. The Morgan fingerprint density at radius 3 is 2.31 bits per heavy atom. The first-order chi connectivity index (χ1) is 6.02. The van der Waals surface area contributed by atoms with Crippen LogP contribution in [-0.2, 0) is 4.79 Å². The number of unbranched alkanes of at least 4 members (excludes halogenated alkanes) is 1. The molecule has 13 heavy (non-hydrogen) atoms. The van der Waals surface area contributed by atoms with Crippen molar-refractivity contribution in [3.05, 3.63) is 0 Å². The predicted octanol–water partition coefficient (Wildman–Crippen LogP) is 2.00. The second kappa shape index (κ2) is 6.89. The van der Waals surface area contributed by atoms with E-state index >= 15 is 0 Å². The number of carbonyl (C=O) groups is 1. The van der Waals surface area contributed by atoms with E-state index in [0.29, 0.717) is 0 Å².